The zero-order valence-electron chi connectivity index (χ0n) is 13.8. The minimum absolute atomic E-state index is 0.0657. The fourth-order valence-electron chi connectivity index (χ4n) is 2.19. The number of nitrogens with zero attached hydrogens (tertiary/aromatic N) is 2. The summed E-state index contributed by atoms with van der Waals surface area (Å²) in [6.45, 7) is 1.46. The molecular weight excluding hydrogens is 367 g/mol. The largest absolute Gasteiger partial charge is 0.314 e. The molecule has 2 rings (SSSR count). The Morgan fingerprint density at radius 3 is 2.16 bits per heavy atom. The van der Waals surface area contributed by atoms with E-state index in [1.807, 2.05) is 0 Å². The third kappa shape index (κ3) is 4.56. The molecular formula is C17H18ClFN2O3S. The number of benzene rings is 2. The summed E-state index contributed by atoms with van der Waals surface area (Å²) in [5.41, 5.74) is 0.478. The smallest absolute Gasteiger partial charge is 0.243 e. The van der Waals surface area contributed by atoms with E-state index in [0.717, 1.165) is 4.31 Å². The third-order valence-electron chi connectivity index (χ3n) is 3.70. The van der Waals surface area contributed by atoms with Gasteiger partial charge in [0.1, 0.15) is 5.82 Å². The predicted molar refractivity (Wildman–Crippen MR) is 95.7 cm³/mol. The van der Waals surface area contributed by atoms with Gasteiger partial charge in [-0.2, -0.15) is 4.31 Å². The Hall–Kier alpha value is -1.96. The number of hydrogen-bond acceptors (Lipinski definition) is 3. The molecule has 0 fully saturated rings. The first-order valence-electron chi connectivity index (χ1n) is 7.53. The Morgan fingerprint density at radius 2 is 1.64 bits per heavy atom. The summed E-state index contributed by atoms with van der Waals surface area (Å²) in [6.07, 6.45) is 0. The highest BCUT2D eigenvalue weighted by molar-refractivity contribution is 7.89. The van der Waals surface area contributed by atoms with Gasteiger partial charge in [0, 0.05) is 24.3 Å². The molecule has 8 heteroatoms. The van der Waals surface area contributed by atoms with Crippen molar-refractivity contribution < 1.29 is 17.6 Å². The zero-order valence-corrected chi connectivity index (χ0v) is 15.4. The van der Waals surface area contributed by atoms with Crippen molar-refractivity contribution >= 4 is 33.2 Å². The molecule has 0 spiro atoms. The van der Waals surface area contributed by atoms with Gasteiger partial charge in [-0.1, -0.05) is 18.5 Å². The number of amides is 1. The van der Waals surface area contributed by atoms with Crippen LogP contribution in [0.5, 0.6) is 0 Å². The monoisotopic (exact) mass is 384 g/mol. The normalized spacial score (nSPS) is 11.6. The Balaban J connectivity index is 2.19. The van der Waals surface area contributed by atoms with Gasteiger partial charge in [-0.3, -0.25) is 4.79 Å². The molecule has 2 aromatic rings. The van der Waals surface area contributed by atoms with Crippen molar-refractivity contribution in [1.29, 1.82) is 0 Å². The van der Waals surface area contributed by atoms with Crippen molar-refractivity contribution in [3.05, 3.63) is 59.4 Å². The molecule has 0 aromatic heterocycles. The van der Waals surface area contributed by atoms with Gasteiger partial charge in [0.25, 0.3) is 0 Å². The number of carbonyl (C=O) groups excluding carboxylic acids is 1. The van der Waals surface area contributed by atoms with Crippen LogP contribution in [0, 0.1) is 5.82 Å². The van der Waals surface area contributed by atoms with Crippen LogP contribution in [0.4, 0.5) is 10.1 Å². The second-order valence-corrected chi connectivity index (χ2v) is 7.69. The number of rotatable bonds is 6. The lowest BCUT2D eigenvalue weighted by Gasteiger charge is -2.24. The molecule has 0 saturated carbocycles. The van der Waals surface area contributed by atoms with Gasteiger partial charge in [-0.25, -0.2) is 12.8 Å². The van der Waals surface area contributed by atoms with E-state index in [0.29, 0.717) is 10.7 Å². The van der Waals surface area contributed by atoms with Crippen molar-refractivity contribution in [1.82, 2.24) is 4.31 Å². The van der Waals surface area contributed by atoms with E-state index in [1.165, 1.54) is 60.5 Å². The van der Waals surface area contributed by atoms with E-state index in [9.17, 15) is 17.6 Å². The van der Waals surface area contributed by atoms with Gasteiger partial charge >= 0.3 is 0 Å². The van der Waals surface area contributed by atoms with Crippen LogP contribution in [-0.2, 0) is 14.8 Å². The predicted octanol–water partition coefficient (Wildman–Crippen LogP) is 3.15. The number of likely N-dealkylation sites (N-methyl/N-ethyl adjacent to an activating group) is 2. The van der Waals surface area contributed by atoms with E-state index in [4.69, 9.17) is 11.6 Å². The Bertz CT molecular complexity index is 839. The van der Waals surface area contributed by atoms with Crippen molar-refractivity contribution in [2.24, 2.45) is 0 Å². The third-order valence-corrected chi connectivity index (χ3v) is 5.89. The zero-order chi connectivity index (χ0) is 18.6. The minimum Gasteiger partial charge on any atom is -0.314 e. The summed E-state index contributed by atoms with van der Waals surface area (Å²) in [7, 11) is -2.31. The molecule has 2 aromatic carbocycles. The Labute approximate surface area is 151 Å². The number of anilines is 1. The molecule has 134 valence electrons. The first kappa shape index (κ1) is 19.4. The average Bonchev–Trinajstić information content (AvgIpc) is 2.59. The lowest BCUT2D eigenvalue weighted by Crippen LogP contribution is -2.41. The molecule has 0 N–H and O–H groups in total. The van der Waals surface area contributed by atoms with Crippen LogP contribution in [0.15, 0.2) is 53.4 Å². The Kier molecular flexibility index (Phi) is 6.16. The highest BCUT2D eigenvalue weighted by Crippen LogP contribution is 2.19. The van der Waals surface area contributed by atoms with E-state index < -0.39 is 21.7 Å². The summed E-state index contributed by atoms with van der Waals surface area (Å²) < 4.78 is 39.4. The number of halogens is 2. The first-order chi connectivity index (χ1) is 11.8. The van der Waals surface area contributed by atoms with Gasteiger partial charge in [-0.05, 0) is 48.5 Å². The van der Waals surface area contributed by atoms with Crippen molar-refractivity contribution in [2.75, 3.05) is 25.0 Å². The molecule has 0 radical (unpaired) electrons. The van der Waals surface area contributed by atoms with Crippen LogP contribution in [-0.4, -0.2) is 38.8 Å². The van der Waals surface area contributed by atoms with Crippen LogP contribution in [0.25, 0.3) is 0 Å². The van der Waals surface area contributed by atoms with Crippen LogP contribution in [0.1, 0.15) is 6.92 Å². The highest BCUT2D eigenvalue weighted by Gasteiger charge is 2.26. The van der Waals surface area contributed by atoms with Crippen molar-refractivity contribution in [2.45, 2.75) is 11.8 Å². The minimum atomic E-state index is -3.82. The molecule has 0 atom stereocenters. The van der Waals surface area contributed by atoms with Crippen molar-refractivity contribution in [3.63, 3.8) is 0 Å². The van der Waals surface area contributed by atoms with Crippen LogP contribution < -0.4 is 4.90 Å². The molecule has 0 bridgehead atoms. The lowest BCUT2D eigenvalue weighted by molar-refractivity contribution is -0.118. The topological polar surface area (TPSA) is 57.7 Å². The average molecular weight is 385 g/mol. The summed E-state index contributed by atoms with van der Waals surface area (Å²) in [5.74, 6) is -0.837. The standard InChI is InChI=1S/C17H18ClFN2O3S/c1-3-21(25(23,24)16-10-4-13(18)5-11-16)12-17(22)20(2)15-8-6-14(19)7-9-15/h4-11H,3,12H2,1-2H3. The van der Waals surface area contributed by atoms with E-state index in [1.54, 1.807) is 6.92 Å². The fraction of sp³-hybridized carbons (Fsp3) is 0.235. The molecule has 0 aliphatic carbocycles. The molecule has 0 heterocycles. The SMILES string of the molecule is CCN(CC(=O)N(C)c1ccc(F)cc1)S(=O)(=O)c1ccc(Cl)cc1. The summed E-state index contributed by atoms with van der Waals surface area (Å²) in [5, 5.41) is 0.425. The van der Waals surface area contributed by atoms with Gasteiger partial charge in [-0.15, -0.1) is 0 Å². The maximum absolute atomic E-state index is 13.0. The molecule has 0 aliphatic rings. The maximum atomic E-state index is 13.0. The van der Waals surface area contributed by atoms with Gasteiger partial charge in [0.2, 0.25) is 15.9 Å². The van der Waals surface area contributed by atoms with Gasteiger partial charge in [0.05, 0.1) is 11.4 Å². The van der Waals surface area contributed by atoms with Crippen molar-refractivity contribution in [3.8, 4) is 0 Å². The number of sulfonamides is 1. The van der Waals surface area contributed by atoms with Gasteiger partial charge in [0.15, 0.2) is 0 Å². The van der Waals surface area contributed by atoms with E-state index >= 15 is 0 Å². The molecule has 0 unspecified atom stereocenters. The highest BCUT2D eigenvalue weighted by atomic mass is 35.5. The fourth-order valence-corrected chi connectivity index (χ4v) is 3.71. The molecule has 0 aliphatic heterocycles. The molecule has 0 saturated heterocycles. The summed E-state index contributed by atoms with van der Waals surface area (Å²) in [4.78, 5) is 13.8. The first-order valence-corrected chi connectivity index (χ1v) is 9.35. The van der Waals surface area contributed by atoms with Crippen LogP contribution >= 0.6 is 11.6 Å². The second-order valence-electron chi connectivity index (χ2n) is 5.31. The lowest BCUT2D eigenvalue weighted by atomic mass is 10.3. The number of carbonyl (C=O) groups is 1. The van der Waals surface area contributed by atoms with E-state index in [2.05, 4.69) is 0 Å². The molecule has 25 heavy (non-hydrogen) atoms. The second kappa shape index (κ2) is 7.95. The van der Waals surface area contributed by atoms with Crippen LogP contribution in [0.3, 0.4) is 0 Å². The molecule has 1 amide bonds. The van der Waals surface area contributed by atoms with Gasteiger partial charge < -0.3 is 4.90 Å². The number of hydrogen-bond donors (Lipinski definition) is 0. The Morgan fingerprint density at radius 1 is 1.08 bits per heavy atom. The van der Waals surface area contributed by atoms with Crippen LogP contribution in [0.2, 0.25) is 5.02 Å². The molecule has 5 nitrogen and oxygen atoms in total. The maximum Gasteiger partial charge on any atom is 0.243 e. The summed E-state index contributed by atoms with van der Waals surface area (Å²) >= 11 is 5.78. The van der Waals surface area contributed by atoms with E-state index in [-0.39, 0.29) is 18.0 Å². The quantitative estimate of drug-likeness (QED) is 0.768. The summed E-state index contributed by atoms with van der Waals surface area (Å²) in [6, 6.07) is 11.1.